The molecule has 19 heavy (non-hydrogen) atoms. The molecule has 4 amide bonds. The van der Waals surface area contributed by atoms with E-state index in [2.05, 4.69) is 10.6 Å². The molecule has 108 valence electrons. The third-order valence-electron chi connectivity index (χ3n) is 3.02. The highest BCUT2D eigenvalue weighted by atomic mass is 16.3. The lowest BCUT2D eigenvalue weighted by molar-refractivity contribution is -0.134. The molecule has 1 aliphatic heterocycles. The standard InChI is InChI=1S/C12H21N3O4/c1-7(2)8(16)5-13-9(17)6-15-10(18)12(3,4)14-11(15)19/h7-8,16H,5-6H2,1-4H3,(H,13,17)(H,14,19). The molecule has 1 fully saturated rings. The summed E-state index contributed by atoms with van der Waals surface area (Å²) >= 11 is 0. The molecule has 1 rings (SSSR count). The van der Waals surface area contributed by atoms with Crippen LogP contribution in [0.1, 0.15) is 27.7 Å². The Balaban J connectivity index is 2.50. The summed E-state index contributed by atoms with van der Waals surface area (Å²) < 4.78 is 0. The van der Waals surface area contributed by atoms with Gasteiger partial charge in [0.05, 0.1) is 6.10 Å². The fourth-order valence-corrected chi connectivity index (χ4v) is 1.62. The smallest absolute Gasteiger partial charge is 0.325 e. The third-order valence-corrected chi connectivity index (χ3v) is 3.02. The van der Waals surface area contributed by atoms with Crippen molar-refractivity contribution >= 4 is 17.8 Å². The van der Waals surface area contributed by atoms with Crippen molar-refractivity contribution in [3.8, 4) is 0 Å². The van der Waals surface area contributed by atoms with Crippen molar-refractivity contribution in [2.24, 2.45) is 5.92 Å². The second kappa shape index (κ2) is 5.56. The number of hydrogen-bond acceptors (Lipinski definition) is 4. The largest absolute Gasteiger partial charge is 0.391 e. The van der Waals surface area contributed by atoms with Crippen molar-refractivity contribution in [1.82, 2.24) is 15.5 Å². The summed E-state index contributed by atoms with van der Waals surface area (Å²) in [5, 5.41) is 14.5. The Kier molecular flexibility index (Phi) is 4.52. The van der Waals surface area contributed by atoms with Crippen LogP contribution in [-0.4, -0.2) is 52.6 Å². The number of amides is 4. The molecule has 1 aliphatic rings. The van der Waals surface area contributed by atoms with Crippen LogP contribution in [0.25, 0.3) is 0 Å². The second-order valence-electron chi connectivity index (χ2n) is 5.56. The number of aliphatic hydroxyl groups is 1. The van der Waals surface area contributed by atoms with Crippen LogP contribution in [0.5, 0.6) is 0 Å². The van der Waals surface area contributed by atoms with E-state index in [4.69, 9.17) is 0 Å². The molecule has 0 aromatic heterocycles. The van der Waals surface area contributed by atoms with Gasteiger partial charge in [0.25, 0.3) is 5.91 Å². The molecule has 7 nitrogen and oxygen atoms in total. The van der Waals surface area contributed by atoms with Crippen LogP contribution in [0, 0.1) is 5.92 Å². The van der Waals surface area contributed by atoms with Crippen molar-refractivity contribution in [3.63, 3.8) is 0 Å². The van der Waals surface area contributed by atoms with Gasteiger partial charge in [0.1, 0.15) is 12.1 Å². The summed E-state index contributed by atoms with van der Waals surface area (Å²) in [6.45, 7) is 6.58. The Morgan fingerprint density at radius 1 is 1.42 bits per heavy atom. The summed E-state index contributed by atoms with van der Waals surface area (Å²) in [4.78, 5) is 35.9. The van der Waals surface area contributed by atoms with Crippen molar-refractivity contribution in [3.05, 3.63) is 0 Å². The quantitative estimate of drug-likeness (QED) is 0.584. The molecule has 7 heteroatoms. The number of nitrogens with one attached hydrogen (secondary N) is 2. The first-order valence-electron chi connectivity index (χ1n) is 6.24. The monoisotopic (exact) mass is 271 g/mol. The molecule has 0 aromatic rings. The zero-order valence-electron chi connectivity index (χ0n) is 11.7. The maximum atomic E-state index is 11.8. The topological polar surface area (TPSA) is 98.7 Å². The van der Waals surface area contributed by atoms with E-state index in [-0.39, 0.29) is 19.0 Å². The minimum absolute atomic E-state index is 0.0240. The predicted molar refractivity (Wildman–Crippen MR) is 68.2 cm³/mol. The number of carbonyl (C=O) groups excluding carboxylic acids is 3. The van der Waals surface area contributed by atoms with Gasteiger partial charge in [0.15, 0.2) is 0 Å². The average Bonchev–Trinajstić information content (AvgIpc) is 2.48. The lowest BCUT2D eigenvalue weighted by atomic mass is 10.1. The first-order chi connectivity index (χ1) is 8.65. The van der Waals surface area contributed by atoms with Crippen LogP contribution in [-0.2, 0) is 9.59 Å². The van der Waals surface area contributed by atoms with Crippen LogP contribution < -0.4 is 10.6 Å². The SMILES string of the molecule is CC(C)C(O)CNC(=O)CN1C(=O)NC(C)(C)C1=O. The summed E-state index contributed by atoms with van der Waals surface area (Å²) in [7, 11) is 0. The highest BCUT2D eigenvalue weighted by molar-refractivity contribution is 6.08. The van der Waals surface area contributed by atoms with Crippen molar-refractivity contribution in [1.29, 1.82) is 0 Å². The molecule has 3 N–H and O–H groups in total. The molecule has 0 saturated carbocycles. The van der Waals surface area contributed by atoms with E-state index >= 15 is 0 Å². The number of carbonyl (C=O) groups is 3. The van der Waals surface area contributed by atoms with Gasteiger partial charge in [-0.15, -0.1) is 0 Å². The molecule has 1 atom stereocenters. The second-order valence-corrected chi connectivity index (χ2v) is 5.56. The van der Waals surface area contributed by atoms with Gasteiger partial charge in [-0.3, -0.25) is 14.5 Å². The Morgan fingerprint density at radius 3 is 2.42 bits per heavy atom. The van der Waals surface area contributed by atoms with E-state index < -0.39 is 29.5 Å². The van der Waals surface area contributed by atoms with Crippen molar-refractivity contribution < 1.29 is 19.5 Å². The molecule has 1 heterocycles. The zero-order valence-corrected chi connectivity index (χ0v) is 11.7. The molecule has 0 aliphatic carbocycles. The summed E-state index contributed by atoms with van der Waals surface area (Å²) in [6, 6.07) is -0.574. The molecule has 0 spiro atoms. The maximum Gasteiger partial charge on any atom is 0.325 e. The van der Waals surface area contributed by atoms with Crippen LogP contribution in [0.15, 0.2) is 0 Å². The van der Waals surface area contributed by atoms with Crippen LogP contribution in [0.3, 0.4) is 0 Å². The summed E-state index contributed by atoms with van der Waals surface area (Å²) in [6.07, 6.45) is -0.650. The first kappa shape index (κ1) is 15.4. The third kappa shape index (κ3) is 3.66. The van der Waals surface area contributed by atoms with Gasteiger partial charge in [0, 0.05) is 6.54 Å². The number of imide groups is 1. The number of nitrogens with zero attached hydrogens (tertiary/aromatic N) is 1. The van der Waals surface area contributed by atoms with Gasteiger partial charge in [-0.25, -0.2) is 4.79 Å². The fraction of sp³-hybridized carbons (Fsp3) is 0.750. The maximum absolute atomic E-state index is 11.8. The van der Waals surface area contributed by atoms with E-state index in [1.54, 1.807) is 13.8 Å². The van der Waals surface area contributed by atoms with Crippen LogP contribution in [0.4, 0.5) is 4.79 Å². The molecule has 1 saturated heterocycles. The summed E-state index contributed by atoms with van der Waals surface area (Å²) in [5.41, 5.74) is -0.977. The van der Waals surface area contributed by atoms with E-state index in [0.29, 0.717) is 0 Å². The van der Waals surface area contributed by atoms with E-state index in [1.165, 1.54) is 0 Å². The highest BCUT2D eigenvalue weighted by Crippen LogP contribution is 2.15. The van der Waals surface area contributed by atoms with E-state index in [0.717, 1.165) is 4.90 Å². The molecule has 1 unspecified atom stereocenters. The molecular weight excluding hydrogens is 250 g/mol. The van der Waals surface area contributed by atoms with E-state index in [1.807, 2.05) is 13.8 Å². The Labute approximate surface area is 112 Å². The normalized spacial score (nSPS) is 19.6. The minimum atomic E-state index is -0.977. The van der Waals surface area contributed by atoms with Gasteiger partial charge in [0.2, 0.25) is 5.91 Å². The molecule has 0 aromatic carbocycles. The number of hydrogen-bond donors (Lipinski definition) is 3. The number of aliphatic hydroxyl groups excluding tert-OH is 1. The van der Waals surface area contributed by atoms with Gasteiger partial charge >= 0.3 is 6.03 Å². The zero-order chi connectivity index (χ0) is 14.8. The van der Waals surface area contributed by atoms with Crippen LogP contribution in [0.2, 0.25) is 0 Å². The predicted octanol–water partition coefficient (Wildman–Crippen LogP) is -0.550. The molecule has 0 radical (unpaired) electrons. The van der Waals surface area contributed by atoms with Gasteiger partial charge in [-0.05, 0) is 19.8 Å². The molecular formula is C12H21N3O4. The Hall–Kier alpha value is -1.63. The Bertz CT molecular complexity index is 392. The summed E-state index contributed by atoms with van der Waals surface area (Å²) in [5.74, 6) is -0.881. The van der Waals surface area contributed by atoms with Gasteiger partial charge in [-0.1, -0.05) is 13.8 Å². The minimum Gasteiger partial charge on any atom is -0.391 e. The van der Waals surface area contributed by atoms with Crippen molar-refractivity contribution in [2.75, 3.05) is 13.1 Å². The average molecular weight is 271 g/mol. The van der Waals surface area contributed by atoms with Crippen molar-refractivity contribution in [2.45, 2.75) is 39.3 Å². The highest BCUT2D eigenvalue weighted by Gasteiger charge is 2.44. The number of rotatable bonds is 5. The number of urea groups is 1. The fourth-order valence-electron chi connectivity index (χ4n) is 1.62. The van der Waals surface area contributed by atoms with Gasteiger partial charge < -0.3 is 15.7 Å². The lowest BCUT2D eigenvalue weighted by Crippen LogP contribution is -2.44. The first-order valence-corrected chi connectivity index (χ1v) is 6.24. The van der Waals surface area contributed by atoms with E-state index in [9.17, 15) is 19.5 Å². The van der Waals surface area contributed by atoms with Crippen LogP contribution >= 0.6 is 0 Å². The Morgan fingerprint density at radius 2 is 2.00 bits per heavy atom. The lowest BCUT2D eigenvalue weighted by Gasteiger charge is -2.18. The van der Waals surface area contributed by atoms with Gasteiger partial charge in [-0.2, -0.15) is 0 Å². The molecule has 0 bridgehead atoms.